The van der Waals surface area contributed by atoms with Gasteiger partial charge in [-0.25, -0.2) is 4.79 Å². The molecule has 0 saturated heterocycles. The molecule has 21 heavy (non-hydrogen) atoms. The number of carbonyl (C=O) groups is 1. The maximum atomic E-state index is 11.0. The molecule has 2 rings (SSSR count). The molecule has 0 heterocycles. The van der Waals surface area contributed by atoms with Crippen molar-refractivity contribution in [1.29, 1.82) is 0 Å². The molecule has 0 aromatic heterocycles. The van der Waals surface area contributed by atoms with Crippen molar-refractivity contribution in [3.63, 3.8) is 0 Å². The zero-order valence-electron chi connectivity index (χ0n) is 11.1. The number of carboxylic acid groups (broad SMARTS) is 1. The van der Waals surface area contributed by atoms with Gasteiger partial charge in [0, 0.05) is 5.56 Å². The Kier molecular flexibility index (Phi) is 4.94. The number of hydrogen-bond donors (Lipinski definition) is 1. The molecule has 1 N–H and O–H groups in total. The second kappa shape index (κ2) is 6.70. The topological polar surface area (TPSA) is 55.8 Å². The van der Waals surface area contributed by atoms with E-state index in [0.29, 0.717) is 27.1 Å². The predicted molar refractivity (Wildman–Crippen MR) is 80.7 cm³/mol. The molecule has 4 nitrogen and oxygen atoms in total. The molecule has 6 heteroatoms. The van der Waals surface area contributed by atoms with Crippen molar-refractivity contribution in [2.45, 2.75) is 6.61 Å². The molecule has 0 spiro atoms. The summed E-state index contributed by atoms with van der Waals surface area (Å²) in [7, 11) is 1.48. The second-order valence-corrected chi connectivity index (χ2v) is 4.96. The van der Waals surface area contributed by atoms with Crippen molar-refractivity contribution in [2.24, 2.45) is 0 Å². The molecule has 0 aliphatic carbocycles. The van der Waals surface area contributed by atoms with E-state index >= 15 is 0 Å². The van der Waals surface area contributed by atoms with Crippen molar-refractivity contribution in [2.75, 3.05) is 7.11 Å². The van der Waals surface area contributed by atoms with Crippen LogP contribution in [0.4, 0.5) is 0 Å². The first kappa shape index (κ1) is 15.5. The quantitative estimate of drug-likeness (QED) is 0.890. The molecule has 110 valence electrons. The van der Waals surface area contributed by atoms with Gasteiger partial charge in [0.25, 0.3) is 0 Å². The Morgan fingerprint density at radius 2 is 1.95 bits per heavy atom. The van der Waals surface area contributed by atoms with E-state index in [1.54, 1.807) is 24.3 Å². The van der Waals surface area contributed by atoms with Gasteiger partial charge in [0.2, 0.25) is 0 Å². The summed E-state index contributed by atoms with van der Waals surface area (Å²) in [5, 5.41) is 9.85. The Balaban J connectivity index is 2.24. The molecule has 0 fully saturated rings. The SMILES string of the molecule is COc1ccc(C(=O)O)cc1OCc1cccc(Cl)c1Cl. The van der Waals surface area contributed by atoms with E-state index in [4.69, 9.17) is 37.8 Å². The smallest absolute Gasteiger partial charge is 0.335 e. The van der Waals surface area contributed by atoms with Crippen molar-refractivity contribution < 1.29 is 19.4 Å². The molecular formula is C15H12Cl2O4. The Hall–Kier alpha value is -1.91. The molecular weight excluding hydrogens is 315 g/mol. The molecule has 0 bridgehead atoms. The van der Waals surface area contributed by atoms with Gasteiger partial charge in [0.15, 0.2) is 11.5 Å². The highest BCUT2D eigenvalue weighted by Crippen LogP contribution is 2.31. The minimum Gasteiger partial charge on any atom is -0.493 e. The van der Waals surface area contributed by atoms with Gasteiger partial charge in [-0.15, -0.1) is 0 Å². The average molecular weight is 327 g/mol. The third kappa shape index (κ3) is 3.60. The third-order valence-corrected chi connectivity index (χ3v) is 3.68. The average Bonchev–Trinajstić information content (AvgIpc) is 2.48. The summed E-state index contributed by atoms with van der Waals surface area (Å²) in [5.74, 6) is -0.269. The molecule has 0 radical (unpaired) electrons. The largest absolute Gasteiger partial charge is 0.493 e. The van der Waals surface area contributed by atoms with Gasteiger partial charge >= 0.3 is 5.97 Å². The van der Waals surface area contributed by atoms with E-state index in [-0.39, 0.29) is 12.2 Å². The van der Waals surface area contributed by atoms with Crippen LogP contribution >= 0.6 is 23.2 Å². The maximum Gasteiger partial charge on any atom is 0.335 e. The number of rotatable bonds is 5. The molecule has 0 aliphatic rings. The Morgan fingerprint density at radius 3 is 2.62 bits per heavy atom. The minimum absolute atomic E-state index is 0.114. The van der Waals surface area contributed by atoms with Gasteiger partial charge in [0.05, 0.1) is 22.7 Å². The lowest BCUT2D eigenvalue weighted by atomic mass is 10.2. The summed E-state index contributed by atoms with van der Waals surface area (Å²) in [6, 6.07) is 9.61. The first-order valence-corrected chi connectivity index (χ1v) is 6.75. The van der Waals surface area contributed by atoms with E-state index in [0.717, 1.165) is 0 Å². The van der Waals surface area contributed by atoms with Crippen molar-refractivity contribution in [1.82, 2.24) is 0 Å². The number of carboxylic acids is 1. The lowest BCUT2D eigenvalue weighted by molar-refractivity contribution is 0.0696. The number of halogens is 2. The molecule has 0 saturated carbocycles. The van der Waals surface area contributed by atoms with Crippen LogP contribution in [0.5, 0.6) is 11.5 Å². The van der Waals surface area contributed by atoms with Gasteiger partial charge in [-0.05, 0) is 24.3 Å². The van der Waals surface area contributed by atoms with Crippen LogP contribution in [0.25, 0.3) is 0 Å². The first-order chi connectivity index (χ1) is 10.0. The van der Waals surface area contributed by atoms with E-state index < -0.39 is 5.97 Å². The number of ether oxygens (including phenoxy) is 2. The van der Waals surface area contributed by atoms with Crippen LogP contribution in [0.15, 0.2) is 36.4 Å². The van der Waals surface area contributed by atoms with Gasteiger partial charge in [-0.3, -0.25) is 0 Å². The van der Waals surface area contributed by atoms with Crippen LogP contribution in [-0.2, 0) is 6.61 Å². The number of benzene rings is 2. The number of aromatic carboxylic acids is 1. The standard InChI is InChI=1S/C15H12Cl2O4/c1-20-12-6-5-9(15(18)19)7-13(12)21-8-10-3-2-4-11(16)14(10)17/h2-7H,8H2,1H3,(H,18,19). The minimum atomic E-state index is -1.04. The first-order valence-electron chi connectivity index (χ1n) is 6.00. The summed E-state index contributed by atoms with van der Waals surface area (Å²) >= 11 is 12.0. The van der Waals surface area contributed by atoms with E-state index in [1.807, 2.05) is 0 Å². The van der Waals surface area contributed by atoms with Crippen LogP contribution < -0.4 is 9.47 Å². The number of hydrogen-bond acceptors (Lipinski definition) is 3. The highest BCUT2D eigenvalue weighted by atomic mass is 35.5. The van der Waals surface area contributed by atoms with Gasteiger partial charge in [-0.1, -0.05) is 35.3 Å². The van der Waals surface area contributed by atoms with Crippen LogP contribution in [0.3, 0.4) is 0 Å². The van der Waals surface area contributed by atoms with Crippen LogP contribution in [0.1, 0.15) is 15.9 Å². The molecule has 0 aliphatic heterocycles. The molecule has 2 aromatic carbocycles. The highest BCUT2D eigenvalue weighted by Gasteiger charge is 2.11. The predicted octanol–water partition coefficient (Wildman–Crippen LogP) is 4.28. The van der Waals surface area contributed by atoms with E-state index in [2.05, 4.69) is 0 Å². The fraction of sp³-hybridized carbons (Fsp3) is 0.133. The van der Waals surface area contributed by atoms with Gasteiger partial charge in [-0.2, -0.15) is 0 Å². The summed E-state index contributed by atoms with van der Waals surface area (Å²) in [6.07, 6.45) is 0. The van der Waals surface area contributed by atoms with Crippen LogP contribution in [0.2, 0.25) is 10.0 Å². The lowest BCUT2D eigenvalue weighted by Gasteiger charge is -2.12. The molecule has 2 aromatic rings. The van der Waals surface area contributed by atoms with E-state index in [1.165, 1.54) is 19.2 Å². The summed E-state index contributed by atoms with van der Waals surface area (Å²) in [4.78, 5) is 11.0. The summed E-state index contributed by atoms with van der Waals surface area (Å²) in [5.41, 5.74) is 0.815. The zero-order chi connectivity index (χ0) is 15.4. The summed E-state index contributed by atoms with van der Waals surface area (Å²) in [6.45, 7) is 0.152. The van der Waals surface area contributed by atoms with E-state index in [9.17, 15) is 4.79 Å². The number of methoxy groups -OCH3 is 1. The summed E-state index contributed by atoms with van der Waals surface area (Å²) < 4.78 is 10.8. The third-order valence-electron chi connectivity index (χ3n) is 2.83. The Labute approximate surface area is 131 Å². The van der Waals surface area contributed by atoms with Gasteiger partial charge in [0.1, 0.15) is 6.61 Å². The van der Waals surface area contributed by atoms with Crippen LogP contribution in [-0.4, -0.2) is 18.2 Å². The van der Waals surface area contributed by atoms with Crippen molar-refractivity contribution >= 4 is 29.2 Å². The van der Waals surface area contributed by atoms with Crippen molar-refractivity contribution in [3.05, 3.63) is 57.6 Å². The van der Waals surface area contributed by atoms with Crippen LogP contribution in [0, 0.1) is 0 Å². The monoisotopic (exact) mass is 326 g/mol. The van der Waals surface area contributed by atoms with Gasteiger partial charge < -0.3 is 14.6 Å². The Bertz CT molecular complexity index is 671. The molecule has 0 atom stereocenters. The Morgan fingerprint density at radius 1 is 1.19 bits per heavy atom. The second-order valence-electron chi connectivity index (χ2n) is 4.17. The fourth-order valence-electron chi connectivity index (χ4n) is 1.74. The maximum absolute atomic E-state index is 11.0. The molecule has 0 amide bonds. The highest BCUT2D eigenvalue weighted by molar-refractivity contribution is 6.42. The van der Waals surface area contributed by atoms with Crippen molar-refractivity contribution in [3.8, 4) is 11.5 Å². The zero-order valence-corrected chi connectivity index (χ0v) is 12.6. The lowest BCUT2D eigenvalue weighted by Crippen LogP contribution is -2.02. The fourth-order valence-corrected chi connectivity index (χ4v) is 2.11. The molecule has 0 unspecified atom stereocenters. The normalized spacial score (nSPS) is 10.2.